The van der Waals surface area contributed by atoms with Gasteiger partial charge in [0.25, 0.3) is 0 Å². The highest BCUT2D eigenvalue weighted by molar-refractivity contribution is 6.01. The Balaban J connectivity index is 1.60. The van der Waals surface area contributed by atoms with E-state index < -0.39 is 0 Å². The number of benzene rings is 3. The SMILES string of the molecule is COc1ccc([C@H]2CC(=O)C3=C(C2)Nc2ccccc2N[C@@H]3c2ccc(OC)cc2OC)cc1. The van der Waals surface area contributed by atoms with E-state index in [2.05, 4.69) is 22.8 Å². The highest BCUT2D eigenvalue weighted by Gasteiger charge is 2.37. The predicted molar refractivity (Wildman–Crippen MR) is 133 cm³/mol. The summed E-state index contributed by atoms with van der Waals surface area (Å²) in [7, 11) is 4.92. The second kappa shape index (κ2) is 9.14. The van der Waals surface area contributed by atoms with Crippen LogP contribution in [0.1, 0.15) is 35.9 Å². The summed E-state index contributed by atoms with van der Waals surface area (Å²) >= 11 is 0. The first-order valence-corrected chi connectivity index (χ1v) is 11.4. The third-order valence-corrected chi connectivity index (χ3v) is 6.65. The Morgan fingerprint density at radius 1 is 0.794 bits per heavy atom. The largest absolute Gasteiger partial charge is 0.497 e. The van der Waals surface area contributed by atoms with Crippen molar-refractivity contribution in [1.29, 1.82) is 0 Å². The van der Waals surface area contributed by atoms with Crippen molar-refractivity contribution in [3.05, 3.63) is 89.1 Å². The first-order chi connectivity index (χ1) is 16.6. The third-order valence-electron chi connectivity index (χ3n) is 6.65. The number of methoxy groups -OCH3 is 3. The van der Waals surface area contributed by atoms with Crippen molar-refractivity contribution in [2.24, 2.45) is 0 Å². The van der Waals surface area contributed by atoms with Gasteiger partial charge in [0.2, 0.25) is 0 Å². The standard InChI is InChI=1S/C28H28N2O4/c1-32-19-10-8-17(9-11-19)18-14-24-27(25(31)15-18)28(30-23-7-5-4-6-22(23)29-24)21-13-12-20(33-2)16-26(21)34-3/h4-13,16,18,28-30H,14-15H2,1-3H3/t18-,28-/m1/s1. The number of carbonyl (C=O) groups is 1. The van der Waals surface area contributed by atoms with Gasteiger partial charge in [0.15, 0.2) is 5.78 Å². The van der Waals surface area contributed by atoms with Crippen LogP contribution >= 0.6 is 0 Å². The van der Waals surface area contributed by atoms with Crippen LogP contribution in [0.5, 0.6) is 17.2 Å². The molecule has 34 heavy (non-hydrogen) atoms. The Morgan fingerprint density at radius 2 is 1.50 bits per heavy atom. The Labute approximate surface area is 199 Å². The lowest BCUT2D eigenvalue weighted by atomic mass is 9.78. The van der Waals surface area contributed by atoms with Crippen molar-refractivity contribution in [2.45, 2.75) is 24.8 Å². The quantitative estimate of drug-likeness (QED) is 0.514. The number of anilines is 2. The maximum absolute atomic E-state index is 13.7. The highest BCUT2D eigenvalue weighted by Crippen LogP contribution is 2.46. The summed E-state index contributed by atoms with van der Waals surface area (Å²) in [5.74, 6) is 2.40. The molecule has 0 fully saturated rings. The van der Waals surface area contributed by atoms with Gasteiger partial charge in [-0.25, -0.2) is 0 Å². The Morgan fingerprint density at radius 3 is 2.21 bits per heavy atom. The van der Waals surface area contributed by atoms with E-state index in [9.17, 15) is 4.79 Å². The summed E-state index contributed by atoms with van der Waals surface area (Å²) in [4.78, 5) is 13.7. The molecule has 6 nitrogen and oxygen atoms in total. The van der Waals surface area contributed by atoms with Crippen LogP contribution in [0.3, 0.4) is 0 Å². The molecule has 1 heterocycles. The molecule has 0 unspecified atom stereocenters. The van der Waals surface area contributed by atoms with E-state index in [4.69, 9.17) is 14.2 Å². The average molecular weight is 457 g/mol. The van der Waals surface area contributed by atoms with E-state index in [1.165, 1.54) is 0 Å². The van der Waals surface area contributed by atoms with Gasteiger partial charge in [0, 0.05) is 29.3 Å². The van der Waals surface area contributed by atoms with Crippen LogP contribution in [0.2, 0.25) is 0 Å². The summed E-state index contributed by atoms with van der Waals surface area (Å²) in [6.07, 6.45) is 1.18. The fraction of sp³-hybridized carbons (Fsp3) is 0.250. The van der Waals surface area contributed by atoms with Crippen molar-refractivity contribution in [1.82, 2.24) is 0 Å². The van der Waals surface area contributed by atoms with Gasteiger partial charge in [0.05, 0.1) is 38.7 Å². The zero-order valence-electron chi connectivity index (χ0n) is 19.6. The van der Waals surface area contributed by atoms with Gasteiger partial charge < -0.3 is 24.8 Å². The molecular formula is C28H28N2O4. The van der Waals surface area contributed by atoms with Gasteiger partial charge in [-0.1, -0.05) is 24.3 Å². The zero-order valence-corrected chi connectivity index (χ0v) is 19.6. The van der Waals surface area contributed by atoms with Gasteiger partial charge in [0.1, 0.15) is 17.2 Å². The zero-order chi connectivity index (χ0) is 23.7. The molecule has 2 aliphatic rings. The van der Waals surface area contributed by atoms with Gasteiger partial charge in [-0.15, -0.1) is 0 Å². The molecule has 0 amide bonds. The average Bonchev–Trinajstić information content (AvgIpc) is 3.05. The van der Waals surface area contributed by atoms with E-state index in [1.54, 1.807) is 21.3 Å². The first kappa shape index (κ1) is 21.9. The number of Topliss-reactive ketones (excluding diaryl/α,β-unsaturated/α-hetero) is 1. The lowest BCUT2D eigenvalue weighted by molar-refractivity contribution is -0.116. The fourth-order valence-corrected chi connectivity index (χ4v) is 4.89. The lowest BCUT2D eigenvalue weighted by Gasteiger charge is -2.30. The minimum absolute atomic E-state index is 0.0910. The Hall–Kier alpha value is -3.93. The predicted octanol–water partition coefficient (Wildman–Crippen LogP) is 5.69. The van der Waals surface area contributed by atoms with Gasteiger partial charge in [-0.3, -0.25) is 4.79 Å². The molecule has 0 aromatic heterocycles. The van der Waals surface area contributed by atoms with Crippen LogP contribution in [0.4, 0.5) is 11.4 Å². The molecule has 174 valence electrons. The molecule has 0 bridgehead atoms. The third kappa shape index (κ3) is 3.96. The molecule has 2 N–H and O–H groups in total. The second-order valence-corrected chi connectivity index (χ2v) is 8.55. The molecular weight excluding hydrogens is 428 g/mol. The summed E-state index contributed by atoms with van der Waals surface area (Å²) < 4.78 is 16.4. The molecule has 0 saturated heterocycles. The van der Waals surface area contributed by atoms with Gasteiger partial charge in [-0.05, 0) is 54.3 Å². The normalized spacial score (nSPS) is 19.2. The lowest BCUT2D eigenvalue weighted by Crippen LogP contribution is -2.27. The van der Waals surface area contributed by atoms with Crippen molar-refractivity contribution in [3.8, 4) is 17.2 Å². The number of hydrogen-bond acceptors (Lipinski definition) is 6. The Kier molecular flexibility index (Phi) is 5.88. The van der Waals surface area contributed by atoms with E-state index >= 15 is 0 Å². The number of ketones is 1. The van der Waals surface area contributed by atoms with Crippen LogP contribution < -0.4 is 24.8 Å². The number of carbonyl (C=O) groups excluding carboxylic acids is 1. The molecule has 0 spiro atoms. The Bertz CT molecular complexity index is 1250. The minimum Gasteiger partial charge on any atom is -0.497 e. The molecule has 2 atom stereocenters. The van der Waals surface area contributed by atoms with E-state index in [0.29, 0.717) is 17.9 Å². The number of ether oxygens (including phenoxy) is 3. The molecule has 0 radical (unpaired) electrons. The van der Waals surface area contributed by atoms with Gasteiger partial charge >= 0.3 is 0 Å². The van der Waals surface area contributed by atoms with E-state index in [1.807, 2.05) is 54.6 Å². The van der Waals surface area contributed by atoms with Crippen LogP contribution in [0.15, 0.2) is 78.0 Å². The summed E-state index contributed by atoms with van der Waals surface area (Å²) in [5.41, 5.74) is 5.61. The van der Waals surface area contributed by atoms with Gasteiger partial charge in [-0.2, -0.15) is 0 Å². The summed E-state index contributed by atoms with van der Waals surface area (Å²) in [5, 5.41) is 7.19. The number of nitrogens with one attached hydrogen (secondary N) is 2. The minimum atomic E-state index is -0.351. The maximum Gasteiger partial charge on any atom is 0.163 e. The molecule has 6 heteroatoms. The molecule has 3 aromatic carbocycles. The van der Waals surface area contributed by atoms with Crippen molar-refractivity contribution < 1.29 is 19.0 Å². The smallest absolute Gasteiger partial charge is 0.163 e. The van der Waals surface area contributed by atoms with Crippen molar-refractivity contribution in [2.75, 3.05) is 32.0 Å². The maximum atomic E-state index is 13.7. The van der Waals surface area contributed by atoms with Crippen molar-refractivity contribution in [3.63, 3.8) is 0 Å². The highest BCUT2D eigenvalue weighted by atomic mass is 16.5. The van der Waals surface area contributed by atoms with E-state index in [0.717, 1.165) is 45.9 Å². The number of fused-ring (bicyclic) bond motifs is 1. The number of para-hydroxylation sites is 2. The van der Waals surface area contributed by atoms with E-state index in [-0.39, 0.29) is 17.7 Å². The molecule has 5 rings (SSSR count). The monoisotopic (exact) mass is 456 g/mol. The van der Waals surface area contributed by atoms with Crippen molar-refractivity contribution >= 4 is 17.2 Å². The second-order valence-electron chi connectivity index (χ2n) is 8.55. The fourth-order valence-electron chi connectivity index (χ4n) is 4.89. The first-order valence-electron chi connectivity index (χ1n) is 11.4. The van der Waals surface area contributed by atoms with Crippen LogP contribution in [0.25, 0.3) is 0 Å². The number of hydrogen-bond donors (Lipinski definition) is 2. The molecule has 1 aliphatic heterocycles. The number of allylic oxidation sites excluding steroid dienone is 1. The van der Waals surface area contributed by atoms with Crippen LogP contribution in [-0.2, 0) is 4.79 Å². The topological polar surface area (TPSA) is 68.8 Å². The molecule has 3 aromatic rings. The van der Waals surface area contributed by atoms with Crippen LogP contribution in [0, 0.1) is 0 Å². The van der Waals surface area contributed by atoms with Crippen LogP contribution in [-0.4, -0.2) is 27.1 Å². The summed E-state index contributed by atoms with van der Waals surface area (Å²) in [6, 6.07) is 21.4. The summed E-state index contributed by atoms with van der Waals surface area (Å²) in [6.45, 7) is 0. The molecule has 1 aliphatic carbocycles. The molecule has 0 saturated carbocycles. The number of rotatable bonds is 5.